The van der Waals surface area contributed by atoms with Gasteiger partial charge in [0.15, 0.2) is 5.75 Å². The molecule has 0 radical (unpaired) electrons. The van der Waals surface area contributed by atoms with Crippen molar-refractivity contribution >= 4 is 15.9 Å². The van der Waals surface area contributed by atoms with Crippen molar-refractivity contribution in [2.45, 2.75) is 20.8 Å². The second-order valence-corrected chi connectivity index (χ2v) is 4.85. The van der Waals surface area contributed by atoms with Gasteiger partial charge in [-0.05, 0) is 42.3 Å². The summed E-state index contributed by atoms with van der Waals surface area (Å²) in [6.45, 7) is 5.90. The second-order valence-electron chi connectivity index (χ2n) is 4.00. The molecule has 0 atom stereocenters. The smallest absolute Gasteiger partial charge is 0.219 e. The Morgan fingerprint density at radius 3 is 2.53 bits per heavy atom. The third-order valence-electron chi connectivity index (χ3n) is 2.67. The van der Waals surface area contributed by atoms with E-state index in [0.29, 0.717) is 5.88 Å². The molecule has 0 amide bonds. The van der Waals surface area contributed by atoms with Gasteiger partial charge in [-0.3, -0.25) is 4.68 Å². The van der Waals surface area contributed by atoms with Crippen LogP contribution in [0.25, 0.3) is 0 Å². The number of rotatable bonds is 2. The lowest BCUT2D eigenvalue weighted by atomic mass is 10.3. The summed E-state index contributed by atoms with van der Waals surface area (Å²) in [5, 5.41) is 4.30. The predicted octanol–water partition coefficient (Wildman–Crippen LogP) is 3.30. The van der Waals surface area contributed by atoms with Gasteiger partial charge in [-0.1, -0.05) is 0 Å². The minimum absolute atomic E-state index is 0.588. The maximum absolute atomic E-state index is 5.78. The van der Waals surface area contributed by atoms with Crippen LogP contribution in [0.2, 0.25) is 0 Å². The number of halogens is 1. The van der Waals surface area contributed by atoms with E-state index in [1.165, 1.54) is 0 Å². The van der Waals surface area contributed by atoms with E-state index in [4.69, 9.17) is 4.74 Å². The van der Waals surface area contributed by atoms with Crippen LogP contribution >= 0.6 is 15.9 Å². The standard InChI is InChI=1S/C12H14BrN3O/c1-7-5-11(14-6-10(7)13)17-12-8(2)15-16(4)9(12)3/h5-6H,1-4H3. The molecule has 5 heteroatoms. The summed E-state index contributed by atoms with van der Waals surface area (Å²) in [7, 11) is 1.90. The normalized spacial score (nSPS) is 10.6. The molecule has 0 bridgehead atoms. The van der Waals surface area contributed by atoms with Crippen molar-refractivity contribution in [3.8, 4) is 11.6 Å². The van der Waals surface area contributed by atoms with Gasteiger partial charge in [-0.15, -0.1) is 0 Å². The quantitative estimate of drug-likeness (QED) is 0.853. The number of hydrogen-bond donors (Lipinski definition) is 0. The molecule has 4 nitrogen and oxygen atoms in total. The van der Waals surface area contributed by atoms with Gasteiger partial charge in [0.1, 0.15) is 5.69 Å². The summed E-state index contributed by atoms with van der Waals surface area (Å²) in [6, 6.07) is 1.90. The molecule has 0 fully saturated rings. The maximum atomic E-state index is 5.78. The number of aryl methyl sites for hydroxylation is 3. The van der Waals surface area contributed by atoms with Gasteiger partial charge in [0.25, 0.3) is 0 Å². The van der Waals surface area contributed by atoms with E-state index in [1.54, 1.807) is 10.9 Å². The highest BCUT2D eigenvalue weighted by Crippen LogP contribution is 2.28. The van der Waals surface area contributed by atoms with Gasteiger partial charge < -0.3 is 4.74 Å². The Balaban J connectivity index is 2.34. The molecule has 0 N–H and O–H groups in total. The molecule has 0 spiro atoms. The molecule has 0 aliphatic rings. The van der Waals surface area contributed by atoms with Gasteiger partial charge in [0, 0.05) is 23.8 Å². The summed E-state index contributed by atoms with van der Waals surface area (Å²) in [5.41, 5.74) is 2.95. The Morgan fingerprint density at radius 2 is 2.00 bits per heavy atom. The fourth-order valence-electron chi connectivity index (χ4n) is 1.58. The first kappa shape index (κ1) is 12.1. The lowest BCUT2D eigenvalue weighted by Gasteiger charge is -2.06. The molecular formula is C12H14BrN3O. The Bertz CT molecular complexity index is 563. The van der Waals surface area contributed by atoms with Crippen molar-refractivity contribution in [1.29, 1.82) is 0 Å². The summed E-state index contributed by atoms with van der Waals surface area (Å²) in [4.78, 5) is 4.22. The van der Waals surface area contributed by atoms with Crippen LogP contribution in [-0.2, 0) is 7.05 Å². The molecule has 2 heterocycles. The average Bonchev–Trinajstić information content (AvgIpc) is 2.50. The molecular weight excluding hydrogens is 282 g/mol. The third kappa shape index (κ3) is 2.34. The van der Waals surface area contributed by atoms with Gasteiger partial charge >= 0.3 is 0 Å². The fourth-order valence-corrected chi connectivity index (χ4v) is 1.79. The SMILES string of the molecule is Cc1cc(Oc2c(C)nn(C)c2C)ncc1Br. The highest BCUT2D eigenvalue weighted by molar-refractivity contribution is 9.10. The first-order valence-corrected chi connectivity index (χ1v) is 6.08. The Labute approximate surface area is 109 Å². The summed E-state index contributed by atoms with van der Waals surface area (Å²) >= 11 is 3.41. The lowest BCUT2D eigenvalue weighted by molar-refractivity contribution is 0.454. The van der Waals surface area contributed by atoms with Crippen LogP contribution < -0.4 is 4.74 Å². The van der Waals surface area contributed by atoms with Crippen molar-refractivity contribution < 1.29 is 4.74 Å². The first-order valence-electron chi connectivity index (χ1n) is 5.29. The molecule has 0 aromatic carbocycles. The zero-order chi connectivity index (χ0) is 12.6. The topological polar surface area (TPSA) is 39.9 Å². The summed E-state index contributed by atoms with van der Waals surface area (Å²) < 4.78 is 8.56. The van der Waals surface area contributed by atoms with Gasteiger partial charge in [-0.25, -0.2) is 4.98 Å². The molecule has 2 aromatic heterocycles. The highest BCUT2D eigenvalue weighted by atomic mass is 79.9. The summed E-state index contributed by atoms with van der Waals surface area (Å²) in [5.74, 6) is 1.37. The number of pyridine rings is 1. The second kappa shape index (κ2) is 4.49. The molecule has 0 saturated carbocycles. The lowest BCUT2D eigenvalue weighted by Crippen LogP contribution is -1.94. The number of nitrogens with zero attached hydrogens (tertiary/aromatic N) is 3. The van der Waals surface area contributed by atoms with E-state index in [2.05, 4.69) is 26.0 Å². The molecule has 0 aliphatic heterocycles. The van der Waals surface area contributed by atoms with Crippen LogP contribution in [0.15, 0.2) is 16.7 Å². The monoisotopic (exact) mass is 295 g/mol. The molecule has 2 rings (SSSR count). The van der Waals surface area contributed by atoms with Crippen LogP contribution in [0.4, 0.5) is 0 Å². The zero-order valence-corrected chi connectivity index (χ0v) is 11.9. The molecule has 17 heavy (non-hydrogen) atoms. The molecule has 2 aromatic rings. The third-order valence-corrected chi connectivity index (χ3v) is 3.50. The van der Waals surface area contributed by atoms with E-state index in [0.717, 1.165) is 27.2 Å². The minimum Gasteiger partial charge on any atom is -0.435 e. The van der Waals surface area contributed by atoms with E-state index < -0.39 is 0 Å². The van der Waals surface area contributed by atoms with Crippen LogP contribution in [0, 0.1) is 20.8 Å². The van der Waals surface area contributed by atoms with E-state index in [-0.39, 0.29) is 0 Å². The Morgan fingerprint density at radius 1 is 1.29 bits per heavy atom. The van der Waals surface area contributed by atoms with Crippen LogP contribution in [0.1, 0.15) is 17.0 Å². The van der Waals surface area contributed by atoms with E-state index in [1.807, 2.05) is 33.9 Å². The molecule has 0 unspecified atom stereocenters. The van der Waals surface area contributed by atoms with Gasteiger partial charge in [-0.2, -0.15) is 5.10 Å². The average molecular weight is 296 g/mol. The van der Waals surface area contributed by atoms with Crippen molar-refractivity contribution in [3.05, 3.63) is 33.7 Å². The van der Waals surface area contributed by atoms with E-state index in [9.17, 15) is 0 Å². The highest BCUT2D eigenvalue weighted by Gasteiger charge is 2.12. The maximum Gasteiger partial charge on any atom is 0.219 e. The predicted molar refractivity (Wildman–Crippen MR) is 69.4 cm³/mol. The molecule has 0 aliphatic carbocycles. The van der Waals surface area contributed by atoms with Crippen molar-refractivity contribution in [1.82, 2.24) is 14.8 Å². The van der Waals surface area contributed by atoms with Crippen LogP contribution in [0.5, 0.6) is 11.6 Å². The Hall–Kier alpha value is -1.36. The first-order chi connectivity index (χ1) is 7.99. The zero-order valence-electron chi connectivity index (χ0n) is 10.3. The van der Waals surface area contributed by atoms with Crippen molar-refractivity contribution in [3.63, 3.8) is 0 Å². The van der Waals surface area contributed by atoms with Crippen LogP contribution in [-0.4, -0.2) is 14.8 Å². The van der Waals surface area contributed by atoms with Crippen molar-refractivity contribution in [2.24, 2.45) is 7.05 Å². The van der Waals surface area contributed by atoms with Crippen LogP contribution in [0.3, 0.4) is 0 Å². The number of hydrogen-bond acceptors (Lipinski definition) is 3. The largest absolute Gasteiger partial charge is 0.435 e. The Kier molecular flexibility index (Phi) is 3.19. The molecule has 0 saturated heterocycles. The summed E-state index contributed by atoms with van der Waals surface area (Å²) in [6.07, 6.45) is 1.74. The molecule has 90 valence electrons. The fraction of sp³-hybridized carbons (Fsp3) is 0.333. The van der Waals surface area contributed by atoms with Gasteiger partial charge in [0.2, 0.25) is 5.88 Å². The number of ether oxygens (including phenoxy) is 1. The van der Waals surface area contributed by atoms with E-state index >= 15 is 0 Å². The van der Waals surface area contributed by atoms with Crippen molar-refractivity contribution in [2.75, 3.05) is 0 Å². The number of aromatic nitrogens is 3. The van der Waals surface area contributed by atoms with Gasteiger partial charge in [0.05, 0.1) is 5.69 Å². The minimum atomic E-state index is 0.588.